The highest BCUT2D eigenvalue weighted by Gasteiger charge is 2.71. The van der Waals surface area contributed by atoms with E-state index in [1.165, 1.54) is 38.5 Å². The zero-order valence-corrected chi connectivity index (χ0v) is 28.6. The maximum absolute atomic E-state index is 13.7. The van der Waals surface area contributed by atoms with Crippen molar-refractivity contribution in [3.8, 4) is 0 Å². The van der Waals surface area contributed by atoms with Gasteiger partial charge in [-0.2, -0.15) is 0 Å². The molecule has 8 unspecified atom stereocenters. The summed E-state index contributed by atoms with van der Waals surface area (Å²) in [5, 5.41) is 6.50. The molecule has 0 spiro atoms. The summed E-state index contributed by atoms with van der Waals surface area (Å²) in [5.41, 5.74) is 7.62. The summed E-state index contributed by atoms with van der Waals surface area (Å²) in [5.74, 6) is 2.91. The third-order valence-corrected chi connectivity index (χ3v) is 14.1. The van der Waals surface area contributed by atoms with Crippen LogP contribution in [0, 0.1) is 51.8 Å². The Morgan fingerprint density at radius 3 is 2.29 bits per heavy atom. The Bertz CT molecular complexity index is 957. The van der Waals surface area contributed by atoms with E-state index < -0.39 is 5.54 Å². The summed E-state index contributed by atoms with van der Waals surface area (Å²) in [6.45, 7) is 20.9. The van der Waals surface area contributed by atoms with Crippen LogP contribution in [0.15, 0.2) is 0 Å². The molecule has 4 aliphatic rings. The minimum atomic E-state index is -0.647. The second kappa shape index (κ2) is 13.2. The van der Waals surface area contributed by atoms with Crippen LogP contribution in [0.25, 0.3) is 0 Å². The lowest BCUT2D eigenvalue weighted by Gasteiger charge is -2.68. The van der Waals surface area contributed by atoms with Crippen molar-refractivity contribution < 1.29 is 9.59 Å². The van der Waals surface area contributed by atoms with Crippen molar-refractivity contribution in [3.05, 3.63) is 0 Å². The van der Waals surface area contributed by atoms with Gasteiger partial charge in [0, 0.05) is 44.1 Å². The molecule has 4 fully saturated rings. The molecule has 42 heavy (non-hydrogen) atoms. The zero-order valence-electron chi connectivity index (χ0n) is 28.6. The van der Waals surface area contributed by atoms with E-state index in [2.05, 4.69) is 57.1 Å². The lowest BCUT2D eigenvalue weighted by Crippen LogP contribution is -2.64. The fourth-order valence-electron chi connectivity index (χ4n) is 12.0. The first-order valence-corrected chi connectivity index (χ1v) is 17.7. The number of ketones is 1. The van der Waals surface area contributed by atoms with Crippen LogP contribution in [-0.2, 0) is 9.59 Å². The van der Waals surface area contributed by atoms with Gasteiger partial charge in [-0.1, -0.05) is 54.4 Å². The highest BCUT2D eigenvalue weighted by atomic mass is 16.1. The van der Waals surface area contributed by atoms with E-state index in [1.807, 2.05) is 7.05 Å². The Morgan fingerprint density at radius 2 is 1.64 bits per heavy atom. The number of fused-ring (bicyclic) bond motifs is 5. The van der Waals surface area contributed by atoms with E-state index in [-0.39, 0.29) is 40.3 Å². The average molecular weight is 587 g/mol. The van der Waals surface area contributed by atoms with E-state index in [0.29, 0.717) is 24.3 Å². The van der Waals surface area contributed by atoms with Gasteiger partial charge in [0.15, 0.2) is 0 Å². The number of nitrogens with two attached hydrogens (primary N) is 1. The maximum Gasteiger partial charge on any atom is 0.221 e. The smallest absolute Gasteiger partial charge is 0.221 e. The molecular weight excluding hydrogens is 520 g/mol. The van der Waals surface area contributed by atoms with Gasteiger partial charge in [-0.05, 0) is 118 Å². The van der Waals surface area contributed by atoms with Crippen molar-refractivity contribution >= 4 is 11.7 Å². The van der Waals surface area contributed by atoms with Gasteiger partial charge in [-0.15, -0.1) is 0 Å². The number of hydrogen-bond acceptors (Lipinski definition) is 5. The number of nitrogens with zero attached hydrogens (tertiary/aromatic N) is 1. The number of likely N-dealkylation sites (N-methyl/N-ethyl adjacent to an activating group) is 1. The van der Waals surface area contributed by atoms with Gasteiger partial charge in [-0.25, -0.2) is 0 Å². The second-order valence-electron chi connectivity index (χ2n) is 16.1. The van der Waals surface area contributed by atoms with Crippen molar-refractivity contribution in [1.82, 2.24) is 15.5 Å². The minimum Gasteiger partial charge on any atom is -0.355 e. The largest absolute Gasteiger partial charge is 0.355 e. The van der Waals surface area contributed by atoms with Crippen LogP contribution in [0.3, 0.4) is 0 Å². The van der Waals surface area contributed by atoms with Crippen molar-refractivity contribution in [2.24, 2.45) is 57.5 Å². The lowest BCUT2D eigenvalue weighted by atomic mass is 9.37. The molecule has 0 bridgehead atoms. The van der Waals surface area contributed by atoms with Crippen LogP contribution in [0.1, 0.15) is 119 Å². The Hall–Kier alpha value is -0.980. The van der Waals surface area contributed by atoms with Gasteiger partial charge < -0.3 is 21.3 Å². The summed E-state index contributed by atoms with van der Waals surface area (Å²) < 4.78 is 0. The Morgan fingerprint density at radius 1 is 0.952 bits per heavy atom. The fraction of sp³-hybridized carbons (Fsp3) is 0.944. The first kappa shape index (κ1) is 33.9. The highest BCUT2D eigenvalue weighted by molar-refractivity contribution is 5.80. The van der Waals surface area contributed by atoms with Gasteiger partial charge in [-0.3, -0.25) is 9.59 Å². The molecule has 0 aromatic heterocycles. The number of hydrogen-bond donors (Lipinski definition) is 3. The standard InChI is InChI=1S/C36H66N4O2/c1-9-20-40(21-18-38-8)22-19-39-32(42)24-36(37)29(27(10-2)26(4)41)23-35(7)31(36)14-13-30-33(5)16-11-12-25(3)28(33)15-17-34(30,35)6/h25,27-31,38H,9-24,37H2,1-8H3,(H,39,42)/t25-,27?,28?,29?,30?,31?,33?,34+,35?,36?/m1/s1. The molecule has 0 aliphatic heterocycles. The van der Waals surface area contributed by atoms with E-state index in [0.717, 1.165) is 63.7 Å². The molecule has 6 heteroatoms. The molecule has 0 radical (unpaired) electrons. The number of carbonyl (C=O) groups excluding carboxylic acids is 2. The van der Waals surface area contributed by atoms with Crippen LogP contribution in [0.5, 0.6) is 0 Å². The molecule has 0 aromatic rings. The van der Waals surface area contributed by atoms with E-state index in [4.69, 9.17) is 5.73 Å². The monoisotopic (exact) mass is 587 g/mol. The van der Waals surface area contributed by atoms with Crippen LogP contribution < -0.4 is 16.4 Å². The Labute approximate surface area is 258 Å². The Balaban J connectivity index is 1.59. The molecular formula is C36H66N4O2. The molecule has 0 aromatic carbocycles. The lowest BCUT2D eigenvalue weighted by molar-refractivity contribution is -0.191. The molecule has 10 atom stereocenters. The van der Waals surface area contributed by atoms with Crippen LogP contribution >= 0.6 is 0 Å². The number of Topliss-reactive ketones (excluding diaryl/α,β-unsaturated/α-hetero) is 1. The van der Waals surface area contributed by atoms with Crippen LogP contribution in [-0.4, -0.2) is 61.9 Å². The molecule has 4 N–H and O–H groups in total. The fourth-order valence-corrected chi connectivity index (χ4v) is 12.0. The SMILES string of the molecule is CCCN(CCNC)CCNC(=O)CC1(N)C(C(CC)C(C)=O)CC2(C)C1CCC1C3(C)CCC[C@@H](C)C3CC[C@@]12C. The second-order valence-corrected chi connectivity index (χ2v) is 16.1. The molecule has 4 rings (SSSR count). The number of nitrogens with one attached hydrogen (secondary N) is 2. The first-order valence-electron chi connectivity index (χ1n) is 17.7. The minimum absolute atomic E-state index is 0.0399. The average Bonchev–Trinajstić information content (AvgIpc) is 3.14. The molecule has 4 aliphatic carbocycles. The quantitative estimate of drug-likeness (QED) is 0.245. The summed E-state index contributed by atoms with van der Waals surface area (Å²) in [6, 6.07) is 0. The van der Waals surface area contributed by atoms with E-state index in [9.17, 15) is 9.59 Å². The normalized spacial score (nSPS) is 42.0. The molecule has 4 saturated carbocycles. The summed E-state index contributed by atoms with van der Waals surface area (Å²) >= 11 is 0. The maximum atomic E-state index is 13.7. The molecule has 242 valence electrons. The molecule has 0 heterocycles. The number of amides is 1. The van der Waals surface area contributed by atoms with Crippen molar-refractivity contribution in [1.29, 1.82) is 0 Å². The van der Waals surface area contributed by atoms with Crippen molar-refractivity contribution in [3.63, 3.8) is 0 Å². The van der Waals surface area contributed by atoms with E-state index >= 15 is 0 Å². The molecule has 6 nitrogen and oxygen atoms in total. The van der Waals surface area contributed by atoms with Gasteiger partial charge in [0.1, 0.15) is 5.78 Å². The number of rotatable bonds is 13. The van der Waals surface area contributed by atoms with Gasteiger partial charge >= 0.3 is 0 Å². The van der Waals surface area contributed by atoms with Crippen LogP contribution in [0.2, 0.25) is 0 Å². The zero-order chi connectivity index (χ0) is 30.9. The van der Waals surface area contributed by atoms with Gasteiger partial charge in [0.25, 0.3) is 0 Å². The molecule has 1 amide bonds. The van der Waals surface area contributed by atoms with Gasteiger partial charge in [0.2, 0.25) is 5.91 Å². The summed E-state index contributed by atoms with van der Waals surface area (Å²) in [7, 11) is 1.98. The van der Waals surface area contributed by atoms with Crippen molar-refractivity contribution in [2.45, 2.75) is 125 Å². The van der Waals surface area contributed by atoms with Gasteiger partial charge in [0.05, 0.1) is 0 Å². The summed E-state index contributed by atoms with van der Waals surface area (Å²) in [6.07, 6.45) is 12.2. The van der Waals surface area contributed by atoms with Crippen LogP contribution in [0.4, 0.5) is 0 Å². The predicted molar refractivity (Wildman–Crippen MR) is 174 cm³/mol. The third kappa shape index (κ3) is 5.75. The topological polar surface area (TPSA) is 87.5 Å². The summed E-state index contributed by atoms with van der Waals surface area (Å²) in [4.78, 5) is 29.2. The highest BCUT2D eigenvalue weighted by Crippen LogP contribution is 2.75. The third-order valence-electron chi connectivity index (χ3n) is 14.1. The van der Waals surface area contributed by atoms with E-state index in [1.54, 1.807) is 6.92 Å². The van der Waals surface area contributed by atoms with Crippen molar-refractivity contribution in [2.75, 3.05) is 39.8 Å². The Kier molecular flexibility index (Phi) is 10.6. The molecule has 0 saturated heterocycles. The number of carbonyl (C=O) groups is 2. The first-order chi connectivity index (χ1) is 19.8. The predicted octanol–water partition coefficient (Wildman–Crippen LogP) is 6.03.